The van der Waals surface area contributed by atoms with Crippen LogP contribution >= 0.6 is 0 Å². The van der Waals surface area contributed by atoms with Gasteiger partial charge in [-0.1, -0.05) is 37.3 Å². The second-order valence-corrected chi connectivity index (χ2v) is 5.15. The first-order chi connectivity index (χ1) is 9.60. The van der Waals surface area contributed by atoms with E-state index >= 15 is 0 Å². The van der Waals surface area contributed by atoms with Crippen molar-refractivity contribution in [1.29, 1.82) is 0 Å². The van der Waals surface area contributed by atoms with E-state index in [4.69, 9.17) is 5.73 Å². The summed E-state index contributed by atoms with van der Waals surface area (Å²) in [6.45, 7) is 6.75. The predicted molar refractivity (Wildman–Crippen MR) is 81.0 cm³/mol. The Kier molecular flexibility index (Phi) is 4.87. The van der Waals surface area contributed by atoms with Crippen LogP contribution in [0, 0.1) is 0 Å². The third-order valence-corrected chi connectivity index (χ3v) is 3.24. The van der Waals surface area contributed by atoms with Crippen molar-refractivity contribution >= 4 is 0 Å². The lowest BCUT2D eigenvalue weighted by molar-refractivity contribution is 0.256. The average Bonchev–Trinajstić information content (AvgIpc) is 2.80. The number of rotatable bonds is 6. The van der Waals surface area contributed by atoms with E-state index in [1.807, 2.05) is 49.0 Å². The van der Waals surface area contributed by atoms with Crippen LogP contribution in [-0.4, -0.2) is 38.8 Å². The maximum Gasteiger partial charge on any atom is 0.181 e. The second kappa shape index (κ2) is 6.63. The van der Waals surface area contributed by atoms with E-state index in [0.29, 0.717) is 0 Å². The van der Waals surface area contributed by atoms with E-state index in [-0.39, 0.29) is 6.04 Å². The highest BCUT2D eigenvalue weighted by Gasteiger charge is 2.13. The SMILES string of the molecule is CCN(Cc1nc(-c2ccccc2)nn1C)CC(C)N. The fraction of sp³-hybridized carbons (Fsp3) is 0.467. The van der Waals surface area contributed by atoms with E-state index in [1.54, 1.807) is 0 Å². The Morgan fingerprint density at radius 2 is 2.00 bits per heavy atom. The molecule has 1 heterocycles. The topological polar surface area (TPSA) is 60.0 Å². The standard InChI is InChI=1S/C15H23N5/c1-4-20(10-12(2)16)11-14-17-15(18-19(14)3)13-8-6-5-7-9-13/h5-9,12H,4,10-11,16H2,1-3H3. The van der Waals surface area contributed by atoms with Crippen molar-refractivity contribution < 1.29 is 0 Å². The fourth-order valence-corrected chi connectivity index (χ4v) is 2.18. The lowest BCUT2D eigenvalue weighted by Gasteiger charge is -2.21. The number of aromatic nitrogens is 3. The molecule has 0 fully saturated rings. The van der Waals surface area contributed by atoms with Crippen LogP contribution in [0.2, 0.25) is 0 Å². The summed E-state index contributed by atoms with van der Waals surface area (Å²) in [6, 6.07) is 10.2. The minimum absolute atomic E-state index is 0.164. The molecule has 1 aromatic heterocycles. The van der Waals surface area contributed by atoms with Crippen molar-refractivity contribution in [2.45, 2.75) is 26.4 Å². The summed E-state index contributed by atoms with van der Waals surface area (Å²) in [7, 11) is 1.94. The molecule has 2 aromatic rings. The third kappa shape index (κ3) is 3.65. The zero-order valence-corrected chi connectivity index (χ0v) is 12.5. The Bertz CT molecular complexity index is 532. The van der Waals surface area contributed by atoms with Crippen LogP contribution in [0.1, 0.15) is 19.7 Å². The van der Waals surface area contributed by atoms with Gasteiger partial charge < -0.3 is 5.73 Å². The zero-order chi connectivity index (χ0) is 14.5. The van der Waals surface area contributed by atoms with Gasteiger partial charge in [0.2, 0.25) is 0 Å². The van der Waals surface area contributed by atoms with Crippen molar-refractivity contribution in [3.8, 4) is 11.4 Å². The summed E-state index contributed by atoms with van der Waals surface area (Å²) >= 11 is 0. The zero-order valence-electron chi connectivity index (χ0n) is 12.5. The monoisotopic (exact) mass is 273 g/mol. The van der Waals surface area contributed by atoms with Crippen molar-refractivity contribution in [2.24, 2.45) is 12.8 Å². The molecule has 1 aromatic carbocycles. The highest BCUT2D eigenvalue weighted by Crippen LogP contribution is 2.15. The molecule has 2 N–H and O–H groups in total. The highest BCUT2D eigenvalue weighted by molar-refractivity contribution is 5.53. The third-order valence-electron chi connectivity index (χ3n) is 3.24. The van der Waals surface area contributed by atoms with Crippen LogP contribution in [0.5, 0.6) is 0 Å². The maximum atomic E-state index is 5.87. The minimum Gasteiger partial charge on any atom is -0.327 e. The van der Waals surface area contributed by atoms with Crippen LogP contribution in [0.3, 0.4) is 0 Å². The second-order valence-electron chi connectivity index (χ2n) is 5.15. The van der Waals surface area contributed by atoms with Gasteiger partial charge in [0.25, 0.3) is 0 Å². The van der Waals surface area contributed by atoms with Gasteiger partial charge in [0.1, 0.15) is 5.82 Å². The molecule has 0 radical (unpaired) electrons. The van der Waals surface area contributed by atoms with Crippen LogP contribution in [0.15, 0.2) is 30.3 Å². The number of aryl methyl sites for hydroxylation is 1. The normalized spacial score (nSPS) is 12.8. The van der Waals surface area contributed by atoms with Gasteiger partial charge in [-0.15, -0.1) is 0 Å². The predicted octanol–water partition coefficient (Wildman–Crippen LogP) is 1.65. The molecule has 108 valence electrons. The Hall–Kier alpha value is -1.72. The highest BCUT2D eigenvalue weighted by atomic mass is 15.3. The molecule has 1 unspecified atom stereocenters. The number of hydrogen-bond acceptors (Lipinski definition) is 4. The quantitative estimate of drug-likeness (QED) is 0.869. The Morgan fingerprint density at radius 3 is 2.60 bits per heavy atom. The van der Waals surface area contributed by atoms with Gasteiger partial charge in [-0.05, 0) is 13.5 Å². The lowest BCUT2D eigenvalue weighted by Crippen LogP contribution is -2.35. The summed E-state index contributed by atoms with van der Waals surface area (Å²) in [6.07, 6.45) is 0. The molecular formula is C15H23N5. The lowest BCUT2D eigenvalue weighted by atomic mass is 10.2. The smallest absolute Gasteiger partial charge is 0.181 e. The summed E-state index contributed by atoms with van der Waals surface area (Å²) in [5.74, 6) is 1.74. The van der Waals surface area contributed by atoms with Gasteiger partial charge in [0.05, 0.1) is 6.54 Å². The maximum absolute atomic E-state index is 5.87. The van der Waals surface area contributed by atoms with Gasteiger partial charge >= 0.3 is 0 Å². The van der Waals surface area contributed by atoms with Crippen molar-refractivity contribution in [3.05, 3.63) is 36.2 Å². The molecule has 0 aliphatic carbocycles. The van der Waals surface area contributed by atoms with E-state index in [0.717, 1.165) is 36.8 Å². The first-order valence-electron chi connectivity index (χ1n) is 7.03. The van der Waals surface area contributed by atoms with Gasteiger partial charge in [-0.3, -0.25) is 9.58 Å². The van der Waals surface area contributed by atoms with Crippen molar-refractivity contribution in [3.63, 3.8) is 0 Å². The van der Waals surface area contributed by atoms with Crippen molar-refractivity contribution in [2.75, 3.05) is 13.1 Å². The first kappa shape index (κ1) is 14.7. The van der Waals surface area contributed by atoms with Crippen molar-refractivity contribution in [1.82, 2.24) is 19.7 Å². The van der Waals surface area contributed by atoms with Crippen LogP contribution in [0.4, 0.5) is 0 Å². The molecule has 0 bridgehead atoms. The number of nitrogens with two attached hydrogens (primary N) is 1. The number of likely N-dealkylation sites (N-methyl/N-ethyl adjacent to an activating group) is 1. The van der Waals surface area contributed by atoms with E-state index in [9.17, 15) is 0 Å². The molecule has 0 spiro atoms. The molecular weight excluding hydrogens is 250 g/mol. The molecule has 5 nitrogen and oxygen atoms in total. The minimum atomic E-state index is 0.164. The van der Waals surface area contributed by atoms with E-state index < -0.39 is 0 Å². The summed E-state index contributed by atoms with van der Waals surface area (Å²) < 4.78 is 1.85. The molecule has 0 aliphatic heterocycles. The van der Waals surface area contributed by atoms with Gasteiger partial charge in [-0.25, -0.2) is 4.98 Å². The van der Waals surface area contributed by atoms with Gasteiger partial charge in [0, 0.05) is 25.2 Å². The van der Waals surface area contributed by atoms with Gasteiger partial charge in [-0.2, -0.15) is 5.10 Å². The van der Waals surface area contributed by atoms with Crippen LogP contribution < -0.4 is 5.73 Å². The molecule has 5 heteroatoms. The molecule has 0 saturated heterocycles. The average molecular weight is 273 g/mol. The molecule has 0 amide bonds. The summed E-state index contributed by atoms with van der Waals surface area (Å²) in [5, 5.41) is 4.50. The van der Waals surface area contributed by atoms with E-state index in [1.165, 1.54) is 0 Å². The van der Waals surface area contributed by atoms with Crippen LogP contribution in [-0.2, 0) is 13.6 Å². The Labute approximate surface area is 120 Å². The molecule has 1 atom stereocenters. The Balaban J connectivity index is 2.15. The van der Waals surface area contributed by atoms with Crippen LogP contribution in [0.25, 0.3) is 11.4 Å². The Morgan fingerprint density at radius 1 is 1.30 bits per heavy atom. The fourth-order valence-electron chi connectivity index (χ4n) is 2.18. The van der Waals surface area contributed by atoms with Gasteiger partial charge in [0.15, 0.2) is 5.82 Å². The largest absolute Gasteiger partial charge is 0.327 e. The van der Waals surface area contributed by atoms with E-state index in [2.05, 4.69) is 21.9 Å². The summed E-state index contributed by atoms with van der Waals surface area (Å²) in [5.41, 5.74) is 6.92. The number of nitrogens with zero attached hydrogens (tertiary/aromatic N) is 4. The molecule has 0 saturated carbocycles. The molecule has 2 rings (SSSR count). The summed E-state index contributed by atoms with van der Waals surface area (Å²) in [4.78, 5) is 6.93. The number of hydrogen-bond donors (Lipinski definition) is 1. The first-order valence-corrected chi connectivity index (χ1v) is 7.03. The number of benzene rings is 1. The molecule has 0 aliphatic rings. The molecule has 20 heavy (non-hydrogen) atoms.